The van der Waals surface area contributed by atoms with Crippen LogP contribution in [0.4, 0.5) is 0 Å². The quantitative estimate of drug-likeness (QED) is 0.805. The number of benzene rings is 1. The Morgan fingerprint density at radius 1 is 1.00 bits per heavy atom. The van der Waals surface area contributed by atoms with Gasteiger partial charge in [0, 0.05) is 6.07 Å². The van der Waals surface area contributed by atoms with Crippen LogP contribution in [0.1, 0.15) is 59.4 Å². The SMILES string of the molecule is CC.CCCCC(C)(C)c1cc(O)cc(O)c1. The van der Waals surface area contributed by atoms with Crippen LogP contribution in [0.2, 0.25) is 0 Å². The monoisotopic (exact) mass is 238 g/mol. The molecule has 0 aliphatic carbocycles. The van der Waals surface area contributed by atoms with E-state index in [4.69, 9.17) is 0 Å². The molecule has 0 aromatic heterocycles. The number of rotatable bonds is 4. The van der Waals surface area contributed by atoms with Crippen LogP contribution < -0.4 is 0 Å². The van der Waals surface area contributed by atoms with Crippen molar-refractivity contribution in [3.63, 3.8) is 0 Å². The highest BCUT2D eigenvalue weighted by molar-refractivity contribution is 5.39. The molecule has 0 saturated heterocycles. The minimum Gasteiger partial charge on any atom is -0.508 e. The predicted molar refractivity (Wildman–Crippen MR) is 73.7 cm³/mol. The molecule has 1 aromatic rings. The molecule has 0 aliphatic rings. The van der Waals surface area contributed by atoms with Crippen molar-refractivity contribution in [1.29, 1.82) is 0 Å². The Labute approximate surface area is 105 Å². The molecule has 0 aliphatic heterocycles. The number of phenolic OH excluding ortho intramolecular Hbond substituents is 2. The Bertz CT molecular complexity index is 309. The predicted octanol–water partition coefficient (Wildman–Crippen LogP) is 4.59. The van der Waals surface area contributed by atoms with Crippen LogP contribution >= 0.6 is 0 Å². The van der Waals surface area contributed by atoms with Gasteiger partial charge in [-0.2, -0.15) is 0 Å². The Morgan fingerprint density at radius 3 is 1.88 bits per heavy atom. The second kappa shape index (κ2) is 7.21. The molecule has 2 heteroatoms. The molecule has 1 rings (SSSR count). The highest BCUT2D eigenvalue weighted by Gasteiger charge is 2.20. The van der Waals surface area contributed by atoms with Crippen molar-refractivity contribution < 1.29 is 10.2 Å². The molecule has 17 heavy (non-hydrogen) atoms. The Hall–Kier alpha value is -1.18. The lowest BCUT2D eigenvalue weighted by molar-refractivity contribution is 0.428. The highest BCUT2D eigenvalue weighted by atomic mass is 16.3. The van der Waals surface area contributed by atoms with Gasteiger partial charge in [0.25, 0.3) is 0 Å². The second-order valence-corrected chi connectivity index (χ2v) is 4.73. The summed E-state index contributed by atoms with van der Waals surface area (Å²) in [5.74, 6) is 0.268. The smallest absolute Gasteiger partial charge is 0.119 e. The number of aromatic hydroxyl groups is 2. The van der Waals surface area contributed by atoms with Crippen molar-refractivity contribution in [3.8, 4) is 11.5 Å². The number of hydrogen-bond donors (Lipinski definition) is 2. The molecule has 0 heterocycles. The maximum atomic E-state index is 9.42. The standard InChI is InChI=1S/C13H20O2.C2H6/c1-4-5-6-13(2,3)10-7-11(14)9-12(15)8-10;1-2/h7-9,14-15H,4-6H2,1-3H3;1-2H3. The van der Waals surface area contributed by atoms with Crippen molar-refractivity contribution in [2.45, 2.75) is 59.3 Å². The molecule has 0 fully saturated rings. The minimum absolute atomic E-state index is 0.00618. The van der Waals surface area contributed by atoms with Gasteiger partial charge in [0.15, 0.2) is 0 Å². The van der Waals surface area contributed by atoms with Crippen molar-refractivity contribution >= 4 is 0 Å². The van der Waals surface area contributed by atoms with E-state index < -0.39 is 0 Å². The highest BCUT2D eigenvalue weighted by Crippen LogP contribution is 2.33. The topological polar surface area (TPSA) is 40.5 Å². The summed E-state index contributed by atoms with van der Waals surface area (Å²) in [6.07, 6.45) is 3.38. The van der Waals surface area contributed by atoms with Crippen LogP contribution in [0, 0.1) is 0 Å². The van der Waals surface area contributed by atoms with E-state index >= 15 is 0 Å². The summed E-state index contributed by atoms with van der Waals surface area (Å²) in [4.78, 5) is 0. The molecule has 0 amide bonds. The van der Waals surface area contributed by atoms with Crippen molar-refractivity contribution in [1.82, 2.24) is 0 Å². The van der Waals surface area contributed by atoms with Gasteiger partial charge >= 0.3 is 0 Å². The van der Waals surface area contributed by atoms with Crippen LogP contribution in [0.15, 0.2) is 18.2 Å². The van der Waals surface area contributed by atoms with Crippen LogP contribution in [0.3, 0.4) is 0 Å². The van der Waals surface area contributed by atoms with Crippen molar-refractivity contribution in [2.75, 3.05) is 0 Å². The van der Waals surface area contributed by atoms with E-state index in [-0.39, 0.29) is 16.9 Å². The van der Waals surface area contributed by atoms with Gasteiger partial charge < -0.3 is 10.2 Å². The van der Waals surface area contributed by atoms with E-state index in [1.54, 1.807) is 12.1 Å². The van der Waals surface area contributed by atoms with Gasteiger partial charge in [0.2, 0.25) is 0 Å². The summed E-state index contributed by atoms with van der Waals surface area (Å²) >= 11 is 0. The first-order valence-electron chi connectivity index (χ1n) is 6.49. The fourth-order valence-electron chi connectivity index (χ4n) is 1.75. The van der Waals surface area contributed by atoms with E-state index in [2.05, 4.69) is 20.8 Å². The van der Waals surface area contributed by atoms with Gasteiger partial charge in [-0.25, -0.2) is 0 Å². The summed E-state index contributed by atoms with van der Waals surface area (Å²) in [7, 11) is 0. The zero-order valence-electron chi connectivity index (χ0n) is 11.7. The van der Waals surface area contributed by atoms with Crippen molar-refractivity contribution in [3.05, 3.63) is 23.8 Å². The third-order valence-electron chi connectivity index (χ3n) is 2.84. The van der Waals surface area contributed by atoms with Crippen LogP contribution in [-0.4, -0.2) is 10.2 Å². The lowest BCUT2D eigenvalue weighted by Crippen LogP contribution is -2.16. The van der Waals surface area contributed by atoms with Crippen LogP contribution in [0.5, 0.6) is 11.5 Å². The van der Waals surface area contributed by atoms with Gasteiger partial charge in [0.05, 0.1) is 0 Å². The summed E-state index contributed by atoms with van der Waals surface area (Å²) in [5.41, 5.74) is 1.00. The minimum atomic E-state index is 0.00618. The molecule has 2 N–H and O–H groups in total. The van der Waals surface area contributed by atoms with Gasteiger partial charge in [-0.05, 0) is 29.5 Å². The summed E-state index contributed by atoms with van der Waals surface area (Å²) in [5, 5.41) is 18.8. The van der Waals surface area contributed by atoms with Gasteiger partial charge in [-0.15, -0.1) is 0 Å². The fourth-order valence-corrected chi connectivity index (χ4v) is 1.75. The molecule has 2 nitrogen and oxygen atoms in total. The second-order valence-electron chi connectivity index (χ2n) is 4.73. The molecule has 0 radical (unpaired) electrons. The van der Waals surface area contributed by atoms with Gasteiger partial charge in [0.1, 0.15) is 11.5 Å². The Morgan fingerprint density at radius 2 is 1.47 bits per heavy atom. The molecule has 1 aromatic carbocycles. The Kier molecular flexibility index (Phi) is 6.71. The molecule has 0 bridgehead atoms. The lowest BCUT2D eigenvalue weighted by atomic mass is 9.80. The first-order valence-corrected chi connectivity index (χ1v) is 6.49. The molecule has 0 atom stereocenters. The number of unbranched alkanes of at least 4 members (excludes halogenated alkanes) is 1. The summed E-state index contributed by atoms with van der Waals surface area (Å²) in [6.45, 7) is 10.4. The molecule has 0 spiro atoms. The zero-order chi connectivity index (χ0) is 13.5. The maximum absolute atomic E-state index is 9.42. The average molecular weight is 238 g/mol. The molecule has 98 valence electrons. The third-order valence-corrected chi connectivity index (χ3v) is 2.84. The van der Waals surface area contributed by atoms with E-state index in [0.29, 0.717) is 0 Å². The van der Waals surface area contributed by atoms with E-state index in [9.17, 15) is 10.2 Å². The third kappa shape index (κ3) is 5.12. The van der Waals surface area contributed by atoms with E-state index in [1.165, 1.54) is 6.07 Å². The first kappa shape index (κ1) is 15.8. The zero-order valence-corrected chi connectivity index (χ0v) is 11.7. The Balaban J connectivity index is 0.00000121. The fraction of sp³-hybridized carbons (Fsp3) is 0.600. The molecule has 0 saturated carbocycles. The molecular weight excluding hydrogens is 212 g/mol. The number of phenols is 2. The van der Waals surface area contributed by atoms with Gasteiger partial charge in [-0.3, -0.25) is 0 Å². The van der Waals surface area contributed by atoms with Gasteiger partial charge in [-0.1, -0.05) is 47.5 Å². The number of hydrogen-bond acceptors (Lipinski definition) is 2. The lowest BCUT2D eigenvalue weighted by Gasteiger charge is -2.25. The molecule has 0 unspecified atom stereocenters. The maximum Gasteiger partial charge on any atom is 0.119 e. The van der Waals surface area contributed by atoms with Crippen LogP contribution in [-0.2, 0) is 5.41 Å². The largest absolute Gasteiger partial charge is 0.508 e. The average Bonchev–Trinajstić information content (AvgIpc) is 2.28. The van der Waals surface area contributed by atoms with E-state index in [0.717, 1.165) is 24.8 Å². The summed E-state index contributed by atoms with van der Waals surface area (Å²) in [6, 6.07) is 4.82. The van der Waals surface area contributed by atoms with Crippen molar-refractivity contribution in [2.24, 2.45) is 0 Å². The summed E-state index contributed by atoms with van der Waals surface area (Å²) < 4.78 is 0. The normalized spacial score (nSPS) is 10.6. The molecular formula is C15H26O2. The van der Waals surface area contributed by atoms with Crippen LogP contribution in [0.25, 0.3) is 0 Å². The first-order chi connectivity index (χ1) is 7.95. The van der Waals surface area contributed by atoms with E-state index in [1.807, 2.05) is 13.8 Å².